The molecule has 0 bridgehead atoms. The van der Waals surface area contributed by atoms with Crippen molar-refractivity contribution < 1.29 is 4.74 Å². The van der Waals surface area contributed by atoms with Gasteiger partial charge in [0.05, 0.1) is 12.8 Å². The zero-order valence-electron chi connectivity index (χ0n) is 11.2. The Hall–Kier alpha value is -2.30. The molecule has 0 aliphatic rings. The van der Waals surface area contributed by atoms with Crippen LogP contribution >= 0.6 is 0 Å². The summed E-state index contributed by atoms with van der Waals surface area (Å²) in [5, 5.41) is 0. The molecule has 1 aromatic carbocycles. The van der Waals surface area contributed by atoms with Crippen molar-refractivity contribution in [2.75, 3.05) is 12.8 Å². The van der Waals surface area contributed by atoms with E-state index in [1.807, 2.05) is 18.2 Å². The molecule has 5 nitrogen and oxygen atoms in total. The summed E-state index contributed by atoms with van der Waals surface area (Å²) < 4.78 is 5.33. The van der Waals surface area contributed by atoms with Gasteiger partial charge < -0.3 is 10.5 Å². The van der Waals surface area contributed by atoms with E-state index in [1.54, 1.807) is 7.11 Å². The van der Waals surface area contributed by atoms with E-state index in [1.165, 1.54) is 6.07 Å². The Kier molecular flexibility index (Phi) is 3.55. The first-order valence-corrected chi connectivity index (χ1v) is 6.06. The Morgan fingerprint density at radius 3 is 2.63 bits per heavy atom. The van der Waals surface area contributed by atoms with E-state index < -0.39 is 0 Å². The number of rotatable bonds is 3. The number of nitrogens with one attached hydrogen (secondary N) is 1. The molecule has 1 heterocycles. The Morgan fingerprint density at radius 1 is 1.32 bits per heavy atom. The number of anilines is 1. The van der Waals surface area contributed by atoms with Crippen LogP contribution in [0.2, 0.25) is 0 Å². The van der Waals surface area contributed by atoms with Crippen LogP contribution in [0.15, 0.2) is 29.1 Å². The number of nitrogens with zero attached hydrogens (tertiary/aromatic N) is 1. The summed E-state index contributed by atoms with van der Waals surface area (Å²) in [6.07, 6.45) is 0. The van der Waals surface area contributed by atoms with Crippen LogP contribution in [0.4, 0.5) is 5.95 Å². The lowest BCUT2D eigenvalue weighted by atomic mass is 9.98. The number of hydrogen-bond donors (Lipinski definition) is 2. The Balaban J connectivity index is 2.57. The number of H-pyrrole nitrogens is 1. The summed E-state index contributed by atoms with van der Waals surface area (Å²) in [6.45, 7) is 4.17. The zero-order chi connectivity index (χ0) is 14.0. The van der Waals surface area contributed by atoms with Crippen LogP contribution in [0.3, 0.4) is 0 Å². The van der Waals surface area contributed by atoms with E-state index in [0.29, 0.717) is 11.6 Å². The fraction of sp³-hybridized carbons (Fsp3) is 0.286. The average Bonchev–Trinajstić information content (AvgIpc) is 2.36. The predicted octanol–water partition coefficient (Wildman–Crippen LogP) is 2.15. The van der Waals surface area contributed by atoms with Gasteiger partial charge in [0.15, 0.2) is 0 Å². The SMILES string of the molecule is COc1ccc(-c2cc(=O)[nH]c(N)n2)cc1C(C)C. The minimum atomic E-state index is -0.260. The van der Waals surface area contributed by atoms with Crippen molar-refractivity contribution in [3.63, 3.8) is 0 Å². The van der Waals surface area contributed by atoms with Crippen molar-refractivity contribution in [3.05, 3.63) is 40.2 Å². The summed E-state index contributed by atoms with van der Waals surface area (Å²) >= 11 is 0. The summed E-state index contributed by atoms with van der Waals surface area (Å²) in [7, 11) is 1.64. The van der Waals surface area contributed by atoms with E-state index >= 15 is 0 Å². The first-order chi connectivity index (χ1) is 9.01. The van der Waals surface area contributed by atoms with Crippen LogP contribution in [0.25, 0.3) is 11.3 Å². The van der Waals surface area contributed by atoms with Gasteiger partial charge in [-0.3, -0.25) is 9.78 Å². The molecule has 2 aromatic rings. The summed E-state index contributed by atoms with van der Waals surface area (Å²) in [6, 6.07) is 7.16. The lowest BCUT2D eigenvalue weighted by molar-refractivity contribution is 0.407. The van der Waals surface area contributed by atoms with Gasteiger partial charge in [-0.2, -0.15) is 0 Å². The molecular weight excluding hydrogens is 242 g/mol. The maximum absolute atomic E-state index is 11.4. The molecule has 0 fully saturated rings. The second-order valence-corrected chi connectivity index (χ2v) is 4.63. The minimum Gasteiger partial charge on any atom is -0.496 e. The molecule has 0 aliphatic heterocycles. The van der Waals surface area contributed by atoms with Crippen LogP contribution in [0.5, 0.6) is 5.75 Å². The molecule has 2 rings (SSSR count). The number of aromatic amines is 1. The van der Waals surface area contributed by atoms with Crippen LogP contribution in [0, 0.1) is 0 Å². The molecule has 0 aliphatic carbocycles. The monoisotopic (exact) mass is 259 g/mol. The third kappa shape index (κ3) is 2.76. The number of nitrogens with two attached hydrogens (primary N) is 1. The third-order valence-corrected chi connectivity index (χ3v) is 2.91. The van der Waals surface area contributed by atoms with Gasteiger partial charge in [-0.25, -0.2) is 4.98 Å². The Morgan fingerprint density at radius 2 is 2.05 bits per heavy atom. The van der Waals surface area contributed by atoms with Crippen LogP contribution in [-0.2, 0) is 0 Å². The van der Waals surface area contributed by atoms with Gasteiger partial charge in [0, 0.05) is 11.6 Å². The molecular formula is C14H17N3O2. The standard InChI is InChI=1S/C14H17N3O2/c1-8(2)10-6-9(4-5-12(10)19-3)11-7-13(18)17-14(15)16-11/h4-8H,1-3H3,(H3,15,16,17,18). The zero-order valence-corrected chi connectivity index (χ0v) is 11.2. The van der Waals surface area contributed by atoms with Gasteiger partial charge in [-0.15, -0.1) is 0 Å². The Bertz CT molecular complexity index is 647. The number of methoxy groups -OCH3 is 1. The first-order valence-electron chi connectivity index (χ1n) is 6.06. The van der Waals surface area contributed by atoms with E-state index in [-0.39, 0.29) is 11.5 Å². The maximum Gasteiger partial charge on any atom is 0.252 e. The fourth-order valence-electron chi connectivity index (χ4n) is 1.97. The molecule has 0 amide bonds. The molecule has 5 heteroatoms. The van der Waals surface area contributed by atoms with Gasteiger partial charge >= 0.3 is 0 Å². The van der Waals surface area contributed by atoms with Gasteiger partial charge in [-0.1, -0.05) is 13.8 Å². The number of nitrogen functional groups attached to an aromatic ring is 1. The quantitative estimate of drug-likeness (QED) is 0.885. The minimum absolute atomic E-state index is 0.115. The molecule has 0 radical (unpaired) electrons. The lowest BCUT2D eigenvalue weighted by Gasteiger charge is -2.13. The van der Waals surface area contributed by atoms with E-state index in [9.17, 15) is 4.79 Å². The van der Waals surface area contributed by atoms with Gasteiger partial charge in [-0.05, 0) is 29.7 Å². The summed E-state index contributed by atoms with van der Waals surface area (Å²) in [5.41, 5.74) is 7.78. The average molecular weight is 259 g/mol. The Labute approximate surface area is 111 Å². The van der Waals surface area contributed by atoms with E-state index in [2.05, 4.69) is 23.8 Å². The van der Waals surface area contributed by atoms with Gasteiger partial charge in [0.1, 0.15) is 5.75 Å². The number of hydrogen-bond acceptors (Lipinski definition) is 4. The van der Waals surface area contributed by atoms with Crippen molar-refractivity contribution in [2.45, 2.75) is 19.8 Å². The van der Waals surface area contributed by atoms with Gasteiger partial charge in [0.25, 0.3) is 5.56 Å². The third-order valence-electron chi connectivity index (χ3n) is 2.91. The number of ether oxygens (including phenoxy) is 1. The van der Waals surface area contributed by atoms with E-state index in [4.69, 9.17) is 10.5 Å². The molecule has 0 saturated carbocycles. The van der Waals surface area contributed by atoms with Crippen LogP contribution < -0.4 is 16.0 Å². The van der Waals surface area contributed by atoms with Crippen molar-refractivity contribution >= 4 is 5.95 Å². The van der Waals surface area contributed by atoms with Crippen molar-refractivity contribution in [2.24, 2.45) is 0 Å². The largest absolute Gasteiger partial charge is 0.496 e. The highest BCUT2D eigenvalue weighted by molar-refractivity contribution is 5.63. The second-order valence-electron chi connectivity index (χ2n) is 4.63. The molecule has 0 saturated heterocycles. The fourth-order valence-corrected chi connectivity index (χ4v) is 1.97. The maximum atomic E-state index is 11.4. The molecule has 0 spiro atoms. The van der Waals surface area contributed by atoms with Crippen LogP contribution in [-0.4, -0.2) is 17.1 Å². The lowest BCUT2D eigenvalue weighted by Crippen LogP contribution is -2.10. The molecule has 100 valence electrons. The number of aromatic nitrogens is 2. The number of benzene rings is 1. The molecule has 1 aromatic heterocycles. The molecule has 3 N–H and O–H groups in total. The first kappa shape index (κ1) is 13.1. The second kappa shape index (κ2) is 5.14. The summed E-state index contributed by atoms with van der Waals surface area (Å²) in [5.74, 6) is 1.26. The molecule has 19 heavy (non-hydrogen) atoms. The van der Waals surface area contributed by atoms with Crippen molar-refractivity contribution in [3.8, 4) is 17.0 Å². The summed E-state index contributed by atoms with van der Waals surface area (Å²) in [4.78, 5) is 18.0. The van der Waals surface area contributed by atoms with Crippen molar-refractivity contribution in [1.29, 1.82) is 0 Å². The van der Waals surface area contributed by atoms with Gasteiger partial charge in [0.2, 0.25) is 5.95 Å². The predicted molar refractivity (Wildman–Crippen MR) is 75.3 cm³/mol. The van der Waals surface area contributed by atoms with E-state index in [0.717, 1.165) is 16.9 Å². The highest BCUT2D eigenvalue weighted by atomic mass is 16.5. The molecule has 0 unspecified atom stereocenters. The topological polar surface area (TPSA) is 81.0 Å². The van der Waals surface area contributed by atoms with Crippen molar-refractivity contribution in [1.82, 2.24) is 9.97 Å². The molecule has 0 atom stereocenters. The highest BCUT2D eigenvalue weighted by Gasteiger charge is 2.10. The smallest absolute Gasteiger partial charge is 0.252 e. The highest BCUT2D eigenvalue weighted by Crippen LogP contribution is 2.30. The normalized spacial score (nSPS) is 10.7. The van der Waals surface area contributed by atoms with Crippen LogP contribution in [0.1, 0.15) is 25.3 Å².